The number of likely N-dealkylation sites (N-methyl/N-ethyl adjacent to an activating group) is 1. The molecule has 0 spiro atoms. The summed E-state index contributed by atoms with van der Waals surface area (Å²) in [5, 5.41) is 1.07. The monoisotopic (exact) mass is 432 g/mol. The Morgan fingerprint density at radius 1 is 0.906 bits per heavy atom. The molecular weight excluding hydrogens is 407 g/mol. The summed E-state index contributed by atoms with van der Waals surface area (Å²) in [7, 11) is 2.05. The second kappa shape index (κ2) is 8.24. The molecule has 3 aromatic rings. The number of aromatic nitrogens is 1. The Morgan fingerprint density at radius 2 is 1.62 bits per heavy atom. The summed E-state index contributed by atoms with van der Waals surface area (Å²) >= 11 is 0. The Hall–Kier alpha value is -3.45. The number of fused-ring (bicyclic) bond motifs is 3. The van der Waals surface area contributed by atoms with Gasteiger partial charge in [0.25, 0.3) is 11.8 Å². The SMILES string of the molecule is CN1CCN(C(=O)C2=CN(C(=O)c3ccc(F)cc3)CCc3c2[nH]c2ccccc32)CC1. The molecule has 5 rings (SSSR count). The molecule has 2 amide bonds. The van der Waals surface area contributed by atoms with Crippen molar-refractivity contribution in [3.8, 4) is 0 Å². The number of hydrogen-bond acceptors (Lipinski definition) is 3. The van der Waals surface area contributed by atoms with Crippen LogP contribution in [0.5, 0.6) is 0 Å². The predicted molar refractivity (Wildman–Crippen MR) is 121 cm³/mol. The van der Waals surface area contributed by atoms with Gasteiger partial charge in [0.05, 0.1) is 11.3 Å². The molecule has 0 radical (unpaired) electrons. The molecule has 2 aromatic carbocycles. The Balaban J connectivity index is 1.56. The molecule has 0 saturated carbocycles. The standard InChI is InChI=1S/C25H25FN4O2/c1-28-12-14-29(15-13-28)25(32)21-16-30(24(31)17-6-8-18(26)9-7-17)11-10-20-19-4-2-3-5-22(19)27-23(20)21/h2-9,16,27H,10-15H2,1H3. The topological polar surface area (TPSA) is 59.6 Å². The van der Waals surface area contributed by atoms with Gasteiger partial charge in [-0.15, -0.1) is 0 Å². The molecule has 3 heterocycles. The third kappa shape index (κ3) is 3.69. The van der Waals surface area contributed by atoms with Gasteiger partial charge in [0.15, 0.2) is 0 Å². The van der Waals surface area contributed by atoms with Crippen LogP contribution in [-0.2, 0) is 11.2 Å². The number of carbonyl (C=O) groups excluding carboxylic acids is 2. The second-order valence-corrected chi connectivity index (χ2v) is 8.42. The maximum absolute atomic E-state index is 13.6. The minimum Gasteiger partial charge on any atom is -0.354 e. The third-order valence-electron chi connectivity index (χ3n) is 6.34. The van der Waals surface area contributed by atoms with Crippen molar-refractivity contribution >= 4 is 28.3 Å². The number of halogens is 1. The van der Waals surface area contributed by atoms with Crippen molar-refractivity contribution in [1.82, 2.24) is 19.7 Å². The number of amides is 2. The number of H-pyrrole nitrogens is 1. The number of nitrogens with zero attached hydrogens (tertiary/aromatic N) is 3. The fourth-order valence-electron chi connectivity index (χ4n) is 4.47. The summed E-state index contributed by atoms with van der Waals surface area (Å²) in [5.41, 5.74) is 3.69. The van der Waals surface area contributed by atoms with Crippen molar-refractivity contribution in [3.63, 3.8) is 0 Å². The largest absolute Gasteiger partial charge is 0.354 e. The molecule has 0 unspecified atom stereocenters. The highest BCUT2D eigenvalue weighted by atomic mass is 19.1. The van der Waals surface area contributed by atoms with Crippen molar-refractivity contribution in [2.45, 2.75) is 6.42 Å². The second-order valence-electron chi connectivity index (χ2n) is 8.42. The first-order valence-corrected chi connectivity index (χ1v) is 10.9. The number of carbonyl (C=O) groups is 2. The molecule has 1 saturated heterocycles. The lowest BCUT2D eigenvalue weighted by Crippen LogP contribution is -2.47. The number of benzene rings is 2. The van der Waals surface area contributed by atoms with Gasteiger partial charge in [-0.3, -0.25) is 9.59 Å². The van der Waals surface area contributed by atoms with E-state index in [0.717, 1.165) is 35.2 Å². The number of hydrogen-bond donors (Lipinski definition) is 1. The lowest BCUT2D eigenvalue weighted by molar-refractivity contribution is -0.126. The van der Waals surface area contributed by atoms with E-state index in [0.29, 0.717) is 37.2 Å². The van der Waals surface area contributed by atoms with E-state index >= 15 is 0 Å². The molecular formula is C25H25FN4O2. The van der Waals surface area contributed by atoms with Crippen LogP contribution in [0.2, 0.25) is 0 Å². The van der Waals surface area contributed by atoms with Crippen LogP contribution in [0.3, 0.4) is 0 Å². The van der Waals surface area contributed by atoms with Gasteiger partial charge < -0.3 is 19.7 Å². The van der Waals surface area contributed by atoms with Crippen molar-refractivity contribution in [2.24, 2.45) is 0 Å². The van der Waals surface area contributed by atoms with E-state index in [9.17, 15) is 14.0 Å². The third-order valence-corrected chi connectivity index (χ3v) is 6.34. The predicted octanol–water partition coefficient (Wildman–Crippen LogP) is 3.12. The quantitative estimate of drug-likeness (QED) is 0.677. The molecule has 2 aliphatic heterocycles. The molecule has 1 fully saturated rings. The van der Waals surface area contributed by atoms with E-state index in [4.69, 9.17) is 0 Å². The number of piperazine rings is 1. The fourth-order valence-corrected chi connectivity index (χ4v) is 4.47. The average Bonchev–Trinajstić information content (AvgIpc) is 3.07. The van der Waals surface area contributed by atoms with Gasteiger partial charge in [-0.1, -0.05) is 18.2 Å². The number of aromatic amines is 1. The van der Waals surface area contributed by atoms with Crippen molar-refractivity contribution in [2.75, 3.05) is 39.8 Å². The lowest BCUT2D eigenvalue weighted by Gasteiger charge is -2.33. The molecule has 32 heavy (non-hydrogen) atoms. The highest BCUT2D eigenvalue weighted by Gasteiger charge is 2.30. The number of para-hydroxylation sites is 1. The van der Waals surface area contributed by atoms with Crippen LogP contribution >= 0.6 is 0 Å². The van der Waals surface area contributed by atoms with Gasteiger partial charge in [-0.05, 0) is 49.4 Å². The average molecular weight is 432 g/mol. The Morgan fingerprint density at radius 3 is 2.38 bits per heavy atom. The maximum atomic E-state index is 13.6. The Labute approximate surface area is 185 Å². The zero-order valence-electron chi connectivity index (χ0n) is 18.0. The van der Waals surface area contributed by atoms with Crippen LogP contribution < -0.4 is 0 Å². The maximum Gasteiger partial charge on any atom is 0.257 e. The van der Waals surface area contributed by atoms with Gasteiger partial charge in [0.2, 0.25) is 0 Å². The van der Waals surface area contributed by atoms with Crippen LogP contribution in [-0.4, -0.2) is 71.3 Å². The molecule has 6 nitrogen and oxygen atoms in total. The first-order chi connectivity index (χ1) is 15.5. The summed E-state index contributed by atoms with van der Waals surface area (Å²) in [4.78, 5) is 35.9. The summed E-state index contributed by atoms with van der Waals surface area (Å²) in [5.74, 6) is -0.715. The Bertz CT molecular complexity index is 1210. The zero-order chi connectivity index (χ0) is 22.2. The van der Waals surface area contributed by atoms with Gasteiger partial charge in [-0.2, -0.15) is 0 Å². The molecule has 164 valence electrons. The van der Waals surface area contributed by atoms with E-state index in [1.165, 1.54) is 24.3 Å². The molecule has 7 heteroatoms. The van der Waals surface area contributed by atoms with Crippen LogP contribution in [0.25, 0.3) is 16.5 Å². The smallest absolute Gasteiger partial charge is 0.257 e. The van der Waals surface area contributed by atoms with E-state index in [2.05, 4.69) is 9.88 Å². The van der Waals surface area contributed by atoms with E-state index in [-0.39, 0.29) is 17.6 Å². The molecule has 1 N–H and O–H groups in total. The van der Waals surface area contributed by atoms with E-state index < -0.39 is 0 Å². The van der Waals surface area contributed by atoms with Crippen LogP contribution in [0, 0.1) is 5.82 Å². The van der Waals surface area contributed by atoms with Gasteiger partial charge in [-0.25, -0.2) is 4.39 Å². The number of nitrogens with one attached hydrogen (secondary N) is 1. The molecule has 0 aliphatic carbocycles. The van der Waals surface area contributed by atoms with Crippen LogP contribution in [0.1, 0.15) is 21.6 Å². The molecule has 1 aromatic heterocycles. The highest BCUT2D eigenvalue weighted by molar-refractivity contribution is 6.21. The zero-order valence-corrected chi connectivity index (χ0v) is 18.0. The van der Waals surface area contributed by atoms with Gasteiger partial charge in [0.1, 0.15) is 5.82 Å². The van der Waals surface area contributed by atoms with E-state index in [1.54, 1.807) is 11.1 Å². The van der Waals surface area contributed by atoms with E-state index in [1.807, 2.05) is 36.2 Å². The summed E-state index contributed by atoms with van der Waals surface area (Å²) < 4.78 is 13.3. The van der Waals surface area contributed by atoms with Crippen LogP contribution in [0.15, 0.2) is 54.7 Å². The first kappa shape index (κ1) is 20.5. The van der Waals surface area contributed by atoms with Crippen molar-refractivity contribution < 1.29 is 14.0 Å². The minimum atomic E-state index is -0.389. The summed E-state index contributed by atoms with van der Waals surface area (Å²) in [6.45, 7) is 3.36. The lowest BCUT2D eigenvalue weighted by atomic mass is 10.0. The van der Waals surface area contributed by atoms with Crippen molar-refractivity contribution in [3.05, 3.63) is 77.4 Å². The molecule has 0 bridgehead atoms. The Kier molecular flexibility index (Phi) is 5.27. The van der Waals surface area contributed by atoms with Gasteiger partial charge >= 0.3 is 0 Å². The number of rotatable bonds is 2. The summed E-state index contributed by atoms with van der Waals surface area (Å²) in [6, 6.07) is 13.5. The molecule has 0 atom stereocenters. The minimum absolute atomic E-state index is 0.0790. The first-order valence-electron chi connectivity index (χ1n) is 10.9. The normalized spacial score (nSPS) is 17.1. The highest BCUT2D eigenvalue weighted by Crippen LogP contribution is 2.32. The van der Waals surface area contributed by atoms with Crippen molar-refractivity contribution in [1.29, 1.82) is 0 Å². The summed E-state index contributed by atoms with van der Waals surface area (Å²) in [6.07, 6.45) is 2.29. The fraction of sp³-hybridized carbons (Fsp3) is 0.280. The van der Waals surface area contributed by atoms with Crippen LogP contribution in [0.4, 0.5) is 4.39 Å². The molecule has 2 aliphatic rings. The van der Waals surface area contributed by atoms with Gasteiger partial charge in [0, 0.05) is 55.4 Å².